The summed E-state index contributed by atoms with van der Waals surface area (Å²) in [5.41, 5.74) is 2.98. The number of amides is 1. The van der Waals surface area contributed by atoms with Crippen LogP contribution in [0.25, 0.3) is 0 Å². The van der Waals surface area contributed by atoms with Crippen molar-refractivity contribution in [1.82, 2.24) is 5.32 Å². The molecular weight excluding hydrogens is 356 g/mol. The lowest BCUT2D eigenvalue weighted by Crippen LogP contribution is -2.20. The van der Waals surface area contributed by atoms with Gasteiger partial charge in [-0.15, -0.1) is 0 Å². The third-order valence-electron chi connectivity index (χ3n) is 4.10. The number of methoxy groups -OCH3 is 1. The van der Waals surface area contributed by atoms with E-state index in [1.54, 1.807) is 7.11 Å². The Morgan fingerprint density at radius 1 is 1.07 bits per heavy atom. The summed E-state index contributed by atoms with van der Waals surface area (Å²) in [6.07, 6.45) is 0.974. The molecule has 0 aliphatic rings. The molecule has 2 rings (SSSR count). The van der Waals surface area contributed by atoms with E-state index in [4.69, 9.17) is 14.2 Å². The summed E-state index contributed by atoms with van der Waals surface area (Å²) >= 11 is 0. The van der Waals surface area contributed by atoms with Crippen LogP contribution in [0.2, 0.25) is 0 Å². The van der Waals surface area contributed by atoms with Gasteiger partial charge in [0.1, 0.15) is 0 Å². The summed E-state index contributed by atoms with van der Waals surface area (Å²) in [5.74, 6) is 0.935. The Bertz CT molecular complexity index is 732. The number of ether oxygens (including phenoxy) is 3. The van der Waals surface area contributed by atoms with Crippen molar-refractivity contribution in [1.29, 1.82) is 0 Å². The van der Waals surface area contributed by atoms with Crippen molar-refractivity contribution in [2.24, 2.45) is 0 Å². The van der Waals surface area contributed by atoms with E-state index in [9.17, 15) is 4.79 Å². The average molecular weight is 386 g/mol. The van der Waals surface area contributed by atoms with E-state index in [0.717, 1.165) is 49.5 Å². The van der Waals surface area contributed by atoms with E-state index in [-0.39, 0.29) is 12.5 Å². The van der Waals surface area contributed by atoms with Crippen LogP contribution < -0.4 is 20.1 Å². The molecule has 6 nitrogen and oxygen atoms in total. The largest absolute Gasteiger partial charge is 0.493 e. The normalized spacial score (nSPS) is 10.5. The Morgan fingerprint density at radius 3 is 2.57 bits per heavy atom. The van der Waals surface area contributed by atoms with Crippen LogP contribution >= 0.6 is 0 Å². The highest BCUT2D eigenvalue weighted by atomic mass is 16.5. The van der Waals surface area contributed by atoms with Crippen molar-refractivity contribution in [3.8, 4) is 11.5 Å². The van der Waals surface area contributed by atoms with Crippen molar-refractivity contribution < 1.29 is 19.0 Å². The molecule has 0 aromatic heterocycles. The van der Waals surface area contributed by atoms with Crippen LogP contribution in [0.3, 0.4) is 0 Å². The van der Waals surface area contributed by atoms with Gasteiger partial charge in [0.05, 0.1) is 7.11 Å². The van der Waals surface area contributed by atoms with Gasteiger partial charge in [0.2, 0.25) is 0 Å². The molecule has 6 heteroatoms. The molecular formula is C22H30N2O4. The Morgan fingerprint density at radius 2 is 1.86 bits per heavy atom. The fourth-order valence-electron chi connectivity index (χ4n) is 2.59. The molecule has 0 saturated heterocycles. The Balaban J connectivity index is 1.80. The third-order valence-corrected chi connectivity index (χ3v) is 4.10. The van der Waals surface area contributed by atoms with Crippen LogP contribution in [0, 0.1) is 6.92 Å². The molecule has 152 valence electrons. The van der Waals surface area contributed by atoms with E-state index < -0.39 is 0 Å². The van der Waals surface area contributed by atoms with Crippen molar-refractivity contribution in [3.05, 3.63) is 53.6 Å². The lowest BCUT2D eigenvalue weighted by molar-refractivity contribution is -0.118. The minimum Gasteiger partial charge on any atom is -0.493 e. The standard InChI is InChI=1S/C22H30N2O4/c1-4-27-13-5-12-23-15-18-8-11-20(21(14-18)26-3)28-16-22(25)24-19-9-6-17(2)7-10-19/h6-11,14,23H,4-5,12-13,15-16H2,1-3H3,(H,24,25). The van der Waals surface area contributed by atoms with Crippen molar-refractivity contribution in [2.45, 2.75) is 26.8 Å². The summed E-state index contributed by atoms with van der Waals surface area (Å²) in [4.78, 5) is 12.1. The highest BCUT2D eigenvalue weighted by Crippen LogP contribution is 2.28. The highest BCUT2D eigenvalue weighted by Gasteiger charge is 2.09. The molecule has 0 radical (unpaired) electrons. The molecule has 0 bridgehead atoms. The van der Waals surface area contributed by atoms with Crippen LogP contribution in [-0.2, 0) is 16.1 Å². The summed E-state index contributed by atoms with van der Waals surface area (Å²) in [6, 6.07) is 13.3. The van der Waals surface area contributed by atoms with Crippen molar-refractivity contribution in [2.75, 3.05) is 38.8 Å². The van der Waals surface area contributed by atoms with Gasteiger partial charge >= 0.3 is 0 Å². The number of benzene rings is 2. The fraction of sp³-hybridized carbons (Fsp3) is 0.409. The molecule has 0 spiro atoms. The Labute approximate surface area is 167 Å². The maximum Gasteiger partial charge on any atom is 0.262 e. The number of carbonyl (C=O) groups excluding carboxylic acids is 1. The van der Waals surface area contributed by atoms with Crippen molar-refractivity contribution in [3.63, 3.8) is 0 Å². The summed E-state index contributed by atoms with van der Waals surface area (Å²) in [5, 5.41) is 6.18. The molecule has 0 aliphatic carbocycles. The molecule has 0 saturated carbocycles. The van der Waals surface area contributed by atoms with E-state index >= 15 is 0 Å². The average Bonchev–Trinajstić information content (AvgIpc) is 2.71. The minimum atomic E-state index is -0.217. The lowest BCUT2D eigenvalue weighted by Gasteiger charge is -2.13. The maximum atomic E-state index is 12.1. The second-order valence-corrected chi connectivity index (χ2v) is 6.42. The predicted molar refractivity (Wildman–Crippen MR) is 111 cm³/mol. The smallest absolute Gasteiger partial charge is 0.262 e. The first-order valence-electron chi connectivity index (χ1n) is 9.57. The molecule has 0 aliphatic heterocycles. The van der Waals surface area contributed by atoms with Gasteiger partial charge < -0.3 is 24.8 Å². The first-order valence-corrected chi connectivity index (χ1v) is 9.57. The van der Waals surface area contributed by atoms with Gasteiger partial charge in [-0.05, 0) is 56.6 Å². The van der Waals surface area contributed by atoms with E-state index in [2.05, 4.69) is 10.6 Å². The zero-order valence-electron chi connectivity index (χ0n) is 16.9. The number of carbonyl (C=O) groups is 1. The summed E-state index contributed by atoms with van der Waals surface area (Å²) in [6.45, 7) is 7.05. The van der Waals surface area contributed by atoms with Crippen molar-refractivity contribution >= 4 is 11.6 Å². The number of rotatable bonds is 12. The zero-order chi connectivity index (χ0) is 20.2. The van der Waals surface area contributed by atoms with E-state index in [1.165, 1.54) is 0 Å². The zero-order valence-corrected chi connectivity index (χ0v) is 16.9. The maximum absolute atomic E-state index is 12.1. The first-order chi connectivity index (χ1) is 13.6. The number of hydrogen-bond acceptors (Lipinski definition) is 5. The second kappa shape index (κ2) is 12.0. The van der Waals surface area contributed by atoms with E-state index in [0.29, 0.717) is 11.5 Å². The van der Waals surface area contributed by atoms with Crippen LogP contribution in [0.1, 0.15) is 24.5 Å². The number of aryl methyl sites for hydroxylation is 1. The van der Waals surface area contributed by atoms with Crippen LogP contribution in [0.15, 0.2) is 42.5 Å². The van der Waals surface area contributed by atoms with Gasteiger partial charge in [-0.3, -0.25) is 4.79 Å². The van der Waals surface area contributed by atoms with Gasteiger partial charge in [-0.1, -0.05) is 23.8 Å². The minimum absolute atomic E-state index is 0.0841. The molecule has 0 atom stereocenters. The molecule has 2 aromatic rings. The predicted octanol–water partition coefficient (Wildman–Crippen LogP) is 3.54. The molecule has 28 heavy (non-hydrogen) atoms. The van der Waals surface area contributed by atoms with Gasteiger partial charge in [0.25, 0.3) is 5.91 Å². The summed E-state index contributed by atoms with van der Waals surface area (Å²) < 4.78 is 16.4. The SMILES string of the molecule is CCOCCCNCc1ccc(OCC(=O)Nc2ccc(C)cc2)c(OC)c1. The van der Waals surface area contributed by atoms with Gasteiger partial charge in [0.15, 0.2) is 18.1 Å². The lowest BCUT2D eigenvalue weighted by atomic mass is 10.2. The number of nitrogens with one attached hydrogen (secondary N) is 2. The third kappa shape index (κ3) is 7.58. The van der Waals surface area contributed by atoms with Gasteiger partial charge in [-0.2, -0.15) is 0 Å². The number of anilines is 1. The summed E-state index contributed by atoms with van der Waals surface area (Å²) in [7, 11) is 1.59. The topological polar surface area (TPSA) is 68.8 Å². The fourth-order valence-corrected chi connectivity index (χ4v) is 2.59. The van der Waals surface area contributed by atoms with Gasteiger partial charge in [0, 0.05) is 25.4 Å². The molecule has 2 aromatic carbocycles. The molecule has 2 N–H and O–H groups in total. The van der Waals surface area contributed by atoms with Gasteiger partial charge in [-0.25, -0.2) is 0 Å². The van der Waals surface area contributed by atoms with Crippen LogP contribution in [0.4, 0.5) is 5.69 Å². The highest BCUT2D eigenvalue weighted by molar-refractivity contribution is 5.91. The molecule has 0 fully saturated rings. The Kier molecular flexibility index (Phi) is 9.31. The monoisotopic (exact) mass is 386 g/mol. The second-order valence-electron chi connectivity index (χ2n) is 6.42. The van der Waals surface area contributed by atoms with E-state index in [1.807, 2.05) is 56.3 Å². The first kappa shape index (κ1) is 21.7. The number of hydrogen-bond donors (Lipinski definition) is 2. The van der Waals surface area contributed by atoms with Crippen LogP contribution in [0.5, 0.6) is 11.5 Å². The quantitative estimate of drug-likeness (QED) is 0.546. The Hall–Kier alpha value is -2.57. The van der Waals surface area contributed by atoms with Crippen LogP contribution in [-0.4, -0.2) is 39.4 Å². The molecule has 1 amide bonds. The molecule has 0 unspecified atom stereocenters. The molecule has 0 heterocycles.